The van der Waals surface area contributed by atoms with E-state index in [4.69, 9.17) is 0 Å². The highest BCUT2D eigenvalue weighted by atomic mass is 32.2. The number of hydrogen-bond donors (Lipinski definition) is 1. The van der Waals surface area contributed by atoms with Gasteiger partial charge < -0.3 is 5.32 Å². The highest BCUT2D eigenvalue weighted by molar-refractivity contribution is 7.89. The van der Waals surface area contributed by atoms with Gasteiger partial charge >= 0.3 is 0 Å². The SMILES string of the molecule is CCN(CC)S(=O)(=O)c1csc(C(=O)Nc2cccc(C(C)=O)c2)c1. The molecule has 134 valence electrons. The van der Waals surface area contributed by atoms with E-state index in [0.717, 1.165) is 11.3 Å². The van der Waals surface area contributed by atoms with Crippen molar-refractivity contribution in [1.29, 1.82) is 0 Å². The molecule has 2 rings (SSSR count). The first-order valence-corrected chi connectivity index (χ1v) is 10.1. The molecule has 0 fully saturated rings. The van der Waals surface area contributed by atoms with Gasteiger partial charge in [-0.1, -0.05) is 26.0 Å². The van der Waals surface area contributed by atoms with Gasteiger partial charge in [0.05, 0.1) is 9.77 Å². The van der Waals surface area contributed by atoms with Crippen LogP contribution in [0, 0.1) is 0 Å². The lowest BCUT2D eigenvalue weighted by molar-refractivity contribution is 0.101. The first-order chi connectivity index (χ1) is 11.8. The fourth-order valence-electron chi connectivity index (χ4n) is 2.29. The lowest BCUT2D eigenvalue weighted by atomic mass is 10.1. The normalized spacial score (nSPS) is 11.5. The molecular weight excluding hydrogens is 360 g/mol. The van der Waals surface area contributed by atoms with Crippen LogP contribution in [0.2, 0.25) is 0 Å². The minimum absolute atomic E-state index is 0.0974. The third-order valence-corrected chi connectivity index (χ3v) is 6.78. The monoisotopic (exact) mass is 380 g/mol. The number of amides is 1. The van der Waals surface area contributed by atoms with Gasteiger partial charge in [-0.3, -0.25) is 9.59 Å². The van der Waals surface area contributed by atoms with E-state index in [2.05, 4.69) is 5.32 Å². The summed E-state index contributed by atoms with van der Waals surface area (Å²) in [6.07, 6.45) is 0. The van der Waals surface area contributed by atoms with Crippen molar-refractivity contribution in [2.24, 2.45) is 0 Å². The van der Waals surface area contributed by atoms with E-state index < -0.39 is 15.9 Å². The zero-order chi connectivity index (χ0) is 18.6. The summed E-state index contributed by atoms with van der Waals surface area (Å²) >= 11 is 1.07. The number of carbonyl (C=O) groups excluding carboxylic acids is 2. The number of benzene rings is 1. The van der Waals surface area contributed by atoms with Gasteiger partial charge in [-0.15, -0.1) is 11.3 Å². The first kappa shape index (κ1) is 19.3. The van der Waals surface area contributed by atoms with Crippen molar-refractivity contribution in [2.75, 3.05) is 18.4 Å². The summed E-state index contributed by atoms with van der Waals surface area (Å²) < 4.78 is 26.3. The van der Waals surface area contributed by atoms with Crippen LogP contribution in [-0.4, -0.2) is 37.5 Å². The molecule has 0 bridgehead atoms. The van der Waals surface area contributed by atoms with E-state index in [-0.39, 0.29) is 10.7 Å². The summed E-state index contributed by atoms with van der Waals surface area (Å²) in [5.74, 6) is -0.508. The third-order valence-electron chi connectivity index (χ3n) is 3.67. The van der Waals surface area contributed by atoms with Crippen molar-refractivity contribution in [3.63, 3.8) is 0 Å². The van der Waals surface area contributed by atoms with Crippen LogP contribution in [0.15, 0.2) is 40.6 Å². The van der Waals surface area contributed by atoms with Gasteiger partial charge in [0.1, 0.15) is 0 Å². The van der Waals surface area contributed by atoms with Crippen molar-refractivity contribution in [1.82, 2.24) is 4.31 Å². The molecule has 0 radical (unpaired) electrons. The van der Waals surface area contributed by atoms with Crippen LogP contribution in [0.25, 0.3) is 0 Å². The number of nitrogens with one attached hydrogen (secondary N) is 1. The molecule has 0 atom stereocenters. The fourth-order valence-corrected chi connectivity index (χ4v) is 4.91. The Morgan fingerprint density at radius 2 is 1.84 bits per heavy atom. The molecule has 1 amide bonds. The number of Topliss-reactive ketones (excluding diaryl/α,β-unsaturated/α-hetero) is 1. The van der Waals surface area contributed by atoms with E-state index in [9.17, 15) is 18.0 Å². The average molecular weight is 380 g/mol. The number of rotatable bonds is 7. The molecule has 0 unspecified atom stereocenters. The zero-order valence-electron chi connectivity index (χ0n) is 14.3. The van der Waals surface area contributed by atoms with E-state index in [1.54, 1.807) is 38.1 Å². The molecule has 25 heavy (non-hydrogen) atoms. The number of anilines is 1. The summed E-state index contributed by atoms with van der Waals surface area (Å²) in [4.78, 5) is 24.2. The minimum atomic E-state index is -3.59. The Morgan fingerprint density at radius 1 is 1.16 bits per heavy atom. The van der Waals surface area contributed by atoms with Gasteiger partial charge in [0.25, 0.3) is 5.91 Å². The molecule has 6 nitrogen and oxygen atoms in total. The zero-order valence-corrected chi connectivity index (χ0v) is 15.9. The summed E-state index contributed by atoms with van der Waals surface area (Å²) in [6.45, 7) is 5.72. The second kappa shape index (κ2) is 7.90. The van der Waals surface area contributed by atoms with E-state index >= 15 is 0 Å². The van der Waals surface area contributed by atoms with Crippen molar-refractivity contribution in [3.05, 3.63) is 46.2 Å². The van der Waals surface area contributed by atoms with Crippen LogP contribution >= 0.6 is 11.3 Å². The number of thiophene rings is 1. The van der Waals surface area contributed by atoms with Gasteiger partial charge in [-0.2, -0.15) is 4.31 Å². The van der Waals surface area contributed by atoms with Crippen molar-refractivity contribution in [3.8, 4) is 0 Å². The molecule has 2 aromatic rings. The minimum Gasteiger partial charge on any atom is -0.321 e. The van der Waals surface area contributed by atoms with Crippen LogP contribution in [0.3, 0.4) is 0 Å². The predicted octanol–water partition coefficient (Wildman–Crippen LogP) is 3.23. The Labute approximate surface area is 151 Å². The maximum Gasteiger partial charge on any atom is 0.265 e. The molecule has 1 aromatic heterocycles. The van der Waals surface area contributed by atoms with Crippen molar-refractivity contribution in [2.45, 2.75) is 25.7 Å². The van der Waals surface area contributed by atoms with Gasteiger partial charge in [-0.05, 0) is 25.1 Å². The van der Waals surface area contributed by atoms with Gasteiger partial charge in [-0.25, -0.2) is 8.42 Å². The maximum atomic E-state index is 12.5. The smallest absolute Gasteiger partial charge is 0.265 e. The van der Waals surface area contributed by atoms with Crippen LogP contribution in [0.1, 0.15) is 40.8 Å². The Bertz CT molecular complexity index is 884. The number of carbonyl (C=O) groups is 2. The summed E-state index contributed by atoms with van der Waals surface area (Å²) in [7, 11) is -3.59. The summed E-state index contributed by atoms with van der Waals surface area (Å²) in [6, 6.07) is 7.98. The third kappa shape index (κ3) is 4.33. The second-order valence-electron chi connectivity index (χ2n) is 5.33. The van der Waals surface area contributed by atoms with Gasteiger partial charge in [0.2, 0.25) is 10.0 Å². The molecule has 1 heterocycles. The van der Waals surface area contributed by atoms with Crippen molar-refractivity contribution < 1.29 is 18.0 Å². The molecule has 0 spiro atoms. The fraction of sp³-hybridized carbons (Fsp3) is 0.294. The van der Waals surface area contributed by atoms with Crippen LogP contribution in [-0.2, 0) is 10.0 Å². The molecular formula is C17H20N2O4S2. The molecule has 0 aliphatic carbocycles. The van der Waals surface area contributed by atoms with Crippen LogP contribution < -0.4 is 5.32 Å². The quantitative estimate of drug-likeness (QED) is 0.748. The number of hydrogen-bond acceptors (Lipinski definition) is 5. The lowest BCUT2D eigenvalue weighted by Gasteiger charge is -2.17. The highest BCUT2D eigenvalue weighted by Crippen LogP contribution is 2.23. The maximum absolute atomic E-state index is 12.5. The first-order valence-electron chi connectivity index (χ1n) is 7.80. The van der Waals surface area contributed by atoms with E-state index in [1.165, 1.54) is 22.7 Å². The van der Waals surface area contributed by atoms with Gasteiger partial charge in [0.15, 0.2) is 5.78 Å². The Morgan fingerprint density at radius 3 is 2.44 bits per heavy atom. The molecule has 8 heteroatoms. The lowest BCUT2D eigenvalue weighted by Crippen LogP contribution is -2.30. The Hall–Kier alpha value is -2.03. The standard InChI is InChI=1S/C17H20N2O4S2/c1-4-19(5-2)25(22,23)15-10-16(24-11-15)17(21)18-14-8-6-7-13(9-14)12(3)20/h6-11H,4-5H2,1-3H3,(H,18,21). The second-order valence-corrected chi connectivity index (χ2v) is 8.18. The summed E-state index contributed by atoms with van der Waals surface area (Å²) in [5.41, 5.74) is 0.980. The largest absolute Gasteiger partial charge is 0.321 e. The molecule has 1 N–H and O–H groups in total. The molecule has 0 saturated heterocycles. The Kier molecular flexibility index (Phi) is 6.10. The number of nitrogens with zero attached hydrogens (tertiary/aromatic N) is 1. The molecule has 1 aromatic carbocycles. The molecule has 0 saturated carbocycles. The van der Waals surface area contributed by atoms with Crippen molar-refractivity contribution >= 4 is 38.7 Å². The van der Waals surface area contributed by atoms with Gasteiger partial charge in [0, 0.05) is 29.7 Å². The number of ketones is 1. The van der Waals surface area contributed by atoms with E-state index in [0.29, 0.717) is 29.2 Å². The van der Waals surface area contributed by atoms with Crippen LogP contribution in [0.4, 0.5) is 5.69 Å². The highest BCUT2D eigenvalue weighted by Gasteiger charge is 2.24. The predicted molar refractivity (Wildman–Crippen MR) is 98.8 cm³/mol. The topological polar surface area (TPSA) is 83.6 Å². The molecule has 0 aliphatic rings. The summed E-state index contributed by atoms with van der Waals surface area (Å²) in [5, 5.41) is 4.15. The molecule has 0 aliphatic heterocycles. The van der Waals surface area contributed by atoms with Crippen LogP contribution in [0.5, 0.6) is 0 Å². The average Bonchev–Trinajstić information content (AvgIpc) is 3.07. The van der Waals surface area contributed by atoms with E-state index in [1.807, 2.05) is 0 Å². The Balaban J connectivity index is 2.21. The number of sulfonamides is 1.